The molecule has 0 fully saturated rings. The summed E-state index contributed by atoms with van der Waals surface area (Å²) in [5.74, 6) is -6.64. The largest absolute Gasteiger partial charge is 0.432 e. The fourth-order valence-electron chi connectivity index (χ4n) is 2.30. The molecule has 0 atom stereocenters. The Labute approximate surface area is 158 Å². The van der Waals surface area contributed by atoms with Crippen molar-refractivity contribution < 1.29 is 31.1 Å². The molecule has 2 rings (SSSR count). The lowest BCUT2D eigenvalue weighted by molar-refractivity contribution is -0.189. The van der Waals surface area contributed by atoms with Crippen LogP contribution < -0.4 is 4.74 Å². The van der Waals surface area contributed by atoms with Gasteiger partial charge in [0.25, 0.3) is 0 Å². The maximum Gasteiger partial charge on any atom is 0.432 e. The van der Waals surface area contributed by atoms with Crippen molar-refractivity contribution in [2.45, 2.75) is 20.0 Å². The quantitative estimate of drug-likeness (QED) is 0.380. The normalized spacial score (nSPS) is 11.9. The highest BCUT2D eigenvalue weighted by atomic mass is 19.3. The van der Waals surface area contributed by atoms with E-state index < -0.39 is 40.7 Å². The first kappa shape index (κ1) is 21.3. The van der Waals surface area contributed by atoms with Crippen LogP contribution in [0.1, 0.15) is 25.0 Å². The molecule has 0 radical (unpaired) electrons. The van der Waals surface area contributed by atoms with Gasteiger partial charge < -0.3 is 4.74 Å². The summed E-state index contributed by atoms with van der Waals surface area (Å²) in [5, 5.41) is 0. The second kappa shape index (κ2) is 8.37. The number of hydrogen-bond donors (Lipinski definition) is 0. The van der Waals surface area contributed by atoms with E-state index in [1.807, 2.05) is 0 Å². The van der Waals surface area contributed by atoms with Gasteiger partial charge in [-0.05, 0) is 49.2 Å². The number of rotatable bonds is 6. The zero-order valence-corrected chi connectivity index (χ0v) is 15.0. The predicted molar refractivity (Wildman–Crippen MR) is 94.8 cm³/mol. The summed E-state index contributed by atoms with van der Waals surface area (Å²) < 4.78 is 87.6. The number of alkyl halides is 2. The summed E-state index contributed by atoms with van der Waals surface area (Å²) in [6, 6.07) is 3.06. The van der Waals surface area contributed by atoms with E-state index in [1.165, 1.54) is 12.2 Å². The van der Waals surface area contributed by atoms with Gasteiger partial charge in [0.1, 0.15) is 22.9 Å². The molecule has 0 N–H and O–H groups in total. The third-order valence-corrected chi connectivity index (χ3v) is 3.62. The first-order chi connectivity index (χ1) is 13.0. The minimum atomic E-state index is -4.46. The minimum Gasteiger partial charge on any atom is -0.429 e. The summed E-state index contributed by atoms with van der Waals surface area (Å²) in [5.41, 5.74) is -0.430. The molecular weight excluding hydrogens is 382 g/mol. The Hall–Kier alpha value is -2.96. The van der Waals surface area contributed by atoms with Crippen molar-refractivity contribution in [1.29, 1.82) is 0 Å². The highest BCUT2D eigenvalue weighted by molar-refractivity contribution is 5.75. The van der Waals surface area contributed by atoms with E-state index in [0.717, 1.165) is 5.57 Å². The van der Waals surface area contributed by atoms with Crippen LogP contribution in [0.5, 0.6) is 5.75 Å². The number of halogens is 6. The molecule has 1 nitrogen and oxygen atoms in total. The molecule has 0 heterocycles. The highest BCUT2D eigenvalue weighted by Gasteiger charge is 2.41. The second-order valence-electron chi connectivity index (χ2n) is 6.08. The molecule has 7 heteroatoms. The average molecular weight is 398 g/mol. The zero-order valence-electron chi connectivity index (χ0n) is 15.0. The third-order valence-electron chi connectivity index (χ3n) is 3.62. The predicted octanol–water partition coefficient (Wildman–Crippen LogP) is 6.91. The molecule has 0 saturated heterocycles. The van der Waals surface area contributed by atoms with Crippen molar-refractivity contribution in [3.05, 3.63) is 95.1 Å². The lowest BCUT2D eigenvalue weighted by Crippen LogP contribution is -2.25. The van der Waals surface area contributed by atoms with E-state index in [0.29, 0.717) is 35.9 Å². The molecule has 148 valence electrons. The number of allylic oxidation sites excluding steroid dienone is 5. The van der Waals surface area contributed by atoms with Crippen LogP contribution in [0.3, 0.4) is 0 Å². The van der Waals surface area contributed by atoms with Crippen molar-refractivity contribution in [2.75, 3.05) is 0 Å². The van der Waals surface area contributed by atoms with E-state index in [1.54, 1.807) is 19.9 Å². The molecule has 0 aromatic heterocycles. The number of hydrogen-bond acceptors (Lipinski definition) is 1. The molecule has 0 unspecified atom stereocenters. The van der Waals surface area contributed by atoms with Crippen LogP contribution in [0.15, 0.2) is 60.7 Å². The maximum atomic E-state index is 14.3. The van der Waals surface area contributed by atoms with Gasteiger partial charge >= 0.3 is 6.11 Å². The summed E-state index contributed by atoms with van der Waals surface area (Å²) in [6.45, 7) is 7.14. The van der Waals surface area contributed by atoms with Gasteiger partial charge in [-0.15, -0.1) is 0 Å². The van der Waals surface area contributed by atoms with Crippen molar-refractivity contribution in [3.8, 4) is 5.75 Å². The van der Waals surface area contributed by atoms with Gasteiger partial charge in [0.2, 0.25) is 0 Å². The van der Waals surface area contributed by atoms with Crippen LogP contribution in [0.4, 0.5) is 26.3 Å². The summed E-state index contributed by atoms with van der Waals surface area (Å²) >= 11 is 0. The van der Waals surface area contributed by atoms with E-state index in [4.69, 9.17) is 0 Å². The third kappa shape index (κ3) is 4.85. The lowest BCUT2D eigenvalue weighted by Gasteiger charge is -2.20. The Bertz CT molecular complexity index is 932. The molecule has 2 aromatic carbocycles. The second-order valence-corrected chi connectivity index (χ2v) is 6.08. The molecule has 0 spiro atoms. The highest BCUT2D eigenvalue weighted by Crippen LogP contribution is 2.36. The van der Waals surface area contributed by atoms with E-state index >= 15 is 0 Å². The van der Waals surface area contributed by atoms with Crippen LogP contribution in [0.25, 0.3) is 5.57 Å². The van der Waals surface area contributed by atoms with Crippen molar-refractivity contribution in [1.82, 2.24) is 0 Å². The van der Waals surface area contributed by atoms with Crippen molar-refractivity contribution in [3.63, 3.8) is 0 Å². The van der Waals surface area contributed by atoms with Crippen molar-refractivity contribution >= 4 is 5.57 Å². The summed E-state index contributed by atoms with van der Waals surface area (Å²) in [6.07, 6.45) is 0.0614. The molecule has 0 amide bonds. The Morgan fingerprint density at radius 3 is 2.00 bits per heavy atom. The first-order valence-electron chi connectivity index (χ1n) is 8.04. The van der Waals surface area contributed by atoms with Gasteiger partial charge in [0.05, 0.1) is 0 Å². The van der Waals surface area contributed by atoms with E-state index in [2.05, 4.69) is 11.3 Å². The Balaban J connectivity index is 2.45. The van der Waals surface area contributed by atoms with Gasteiger partial charge in [-0.3, -0.25) is 0 Å². The minimum absolute atomic E-state index is 0.00474. The van der Waals surface area contributed by atoms with Gasteiger partial charge in [-0.2, -0.15) is 8.78 Å². The van der Waals surface area contributed by atoms with Crippen LogP contribution in [-0.2, 0) is 6.11 Å². The van der Waals surface area contributed by atoms with E-state index in [-0.39, 0.29) is 5.56 Å². The lowest BCUT2D eigenvalue weighted by atomic mass is 10.0. The van der Waals surface area contributed by atoms with Crippen LogP contribution in [0, 0.1) is 23.3 Å². The Morgan fingerprint density at radius 1 is 0.893 bits per heavy atom. The molecular formula is C21H16F6O. The van der Waals surface area contributed by atoms with Gasteiger partial charge in [-0.25, -0.2) is 17.6 Å². The van der Waals surface area contributed by atoms with Crippen LogP contribution >= 0.6 is 0 Å². The van der Waals surface area contributed by atoms with Gasteiger partial charge in [0, 0.05) is 6.07 Å². The molecule has 0 aliphatic rings. The Morgan fingerprint density at radius 2 is 1.50 bits per heavy atom. The molecule has 0 aliphatic heterocycles. The van der Waals surface area contributed by atoms with Gasteiger partial charge in [-0.1, -0.05) is 30.4 Å². The number of ether oxygens (including phenoxy) is 1. The maximum absolute atomic E-state index is 14.3. The fourth-order valence-corrected chi connectivity index (χ4v) is 2.30. The SMILES string of the molecule is C=C/C(=C\C=C(C)C)c1cc(F)c(C(F)(F)Oc2ccc(F)c(F)c2)c(F)c1. The summed E-state index contributed by atoms with van der Waals surface area (Å²) in [4.78, 5) is 0. The monoisotopic (exact) mass is 398 g/mol. The average Bonchev–Trinajstić information content (AvgIpc) is 2.57. The van der Waals surface area contributed by atoms with E-state index in [9.17, 15) is 26.3 Å². The molecule has 0 aliphatic carbocycles. The van der Waals surface area contributed by atoms with Crippen LogP contribution in [0.2, 0.25) is 0 Å². The fraction of sp³-hybridized carbons (Fsp3) is 0.143. The standard InChI is InChI=1S/C21H16F6O/c1-4-13(6-5-12(2)3)14-9-18(24)20(19(25)10-14)21(26,27)28-15-7-8-16(22)17(23)11-15/h4-11H,1H2,2-3H3/b13-6+. The zero-order chi connectivity index (χ0) is 21.1. The molecule has 0 saturated carbocycles. The molecule has 0 bridgehead atoms. The Kier molecular flexibility index (Phi) is 6.38. The molecule has 28 heavy (non-hydrogen) atoms. The molecule has 2 aromatic rings. The van der Waals surface area contributed by atoms with Gasteiger partial charge in [0.15, 0.2) is 11.6 Å². The number of benzene rings is 2. The topological polar surface area (TPSA) is 9.23 Å². The van der Waals surface area contributed by atoms with Crippen LogP contribution in [-0.4, -0.2) is 0 Å². The first-order valence-corrected chi connectivity index (χ1v) is 8.04. The smallest absolute Gasteiger partial charge is 0.429 e. The van der Waals surface area contributed by atoms with Crippen molar-refractivity contribution in [2.24, 2.45) is 0 Å². The summed E-state index contributed by atoms with van der Waals surface area (Å²) in [7, 11) is 0.